The third kappa shape index (κ3) is 4.31. The van der Waals surface area contributed by atoms with E-state index in [-0.39, 0.29) is 12.1 Å². The average Bonchev–Trinajstić information content (AvgIpc) is 2.53. The first kappa shape index (κ1) is 17.9. The number of rotatable bonds is 2. The van der Waals surface area contributed by atoms with Crippen molar-refractivity contribution in [2.75, 3.05) is 30.8 Å². The van der Waals surface area contributed by atoms with Crippen LogP contribution in [0.4, 0.5) is 16.2 Å². The molecule has 0 unspecified atom stereocenters. The van der Waals surface area contributed by atoms with Gasteiger partial charge in [-0.15, -0.1) is 0 Å². The van der Waals surface area contributed by atoms with Gasteiger partial charge in [0.2, 0.25) is 0 Å². The number of ether oxygens (including phenoxy) is 1. The van der Waals surface area contributed by atoms with Crippen molar-refractivity contribution in [2.24, 2.45) is 0 Å². The smallest absolute Gasteiger partial charge is 0.410 e. The van der Waals surface area contributed by atoms with Gasteiger partial charge in [-0.25, -0.2) is 4.79 Å². The molecule has 1 fully saturated rings. The Balaban J connectivity index is 1.96. The molecule has 130 valence electrons. The number of carbonyl (C=O) groups is 1. The minimum atomic E-state index is -0.482. The maximum absolute atomic E-state index is 12.2. The van der Waals surface area contributed by atoms with Crippen molar-refractivity contribution in [3.63, 3.8) is 0 Å². The minimum Gasteiger partial charge on any atom is -0.444 e. The largest absolute Gasteiger partial charge is 0.444 e. The number of benzene rings is 1. The summed E-state index contributed by atoms with van der Waals surface area (Å²) in [5.74, 6) is 0. The average molecular weight is 330 g/mol. The van der Waals surface area contributed by atoms with E-state index < -0.39 is 5.60 Å². The Morgan fingerprint density at radius 3 is 2.54 bits per heavy atom. The fourth-order valence-corrected chi connectivity index (χ4v) is 2.83. The van der Waals surface area contributed by atoms with Crippen molar-refractivity contribution in [1.29, 1.82) is 5.26 Å². The maximum Gasteiger partial charge on any atom is 0.410 e. The molecule has 0 atom stereocenters. The van der Waals surface area contributed by atoms with Crippen molar-refractivity contribution < 1.29 is 9.53 Å². The van der Waals surface area contributed by atoms with E-state index in [1.165, 1.54) is 0 Å². The molecule has 0 aromatic heterocycles. The van der Waals surface area contributed by atoms with Crippen LogP contribution in [-0.4, -0.2) is 42.8 Å². The summed E-state index contributed by atoms with van der Waals surface area (Å²) in [6.45, 7) is 7.26. The van der Waals surface area contributed by atoms with Crippen molar-refractivity contribution >= 4 is 17.5 Å². The molecular weight excluding hydrogens is 304 g/mol. The van der Waals surface area contributed by atoms with Crippen LogP contribution in [0, 0.1) is 11.3 Å². The first-order chi connectivity index (χ1) is 11.2. The van der Waals surface area contributed by atoms with Gasteiger partial charge in [0.25, 0.3) is 0 Å². The van der Waals surface area contributed by atoms with Gasteiger partial charge in [-0.3, -0.25) is 0 Å². The van der Waals surface area contributed by atoms with Gasteiger partial charge < -0.3 is 20.3 Å². The fraction of sp³-hybridized carbons (Fsp3) is 0.556. The van der Waals surface area contributed by atoms with Crippen LogP contribution in [0.3, 0.4) is 0 Å². The van der Waals surface area contributed by atoms with Crippen LogP contribution >= 0.6 is 0 Å². The topological polar surface area (TPSA) is 82.6 Å². The number of anilines is 2. The molecular formula is C18H26N4O2. The Labute approximate surface area is 143 Å². The molecule has 1 heterocycles. The van der Waals surface area contributed by atoms with E-state index in [0.717, 1.165) is 31.6 Å². The number of nitriles is 1. The van der Waals surface area contributed by atoms with Gasteiger partial charge in [-0.2, -0.15) is 5.26 Å². The second kappa shape index (κ2) is 7.00. The zero-order valence-electron chi connectivity index (χ0n) is 14.9. The lowest BCUT2D eigenvalue weighted by molar-refractivity contribution is 0.0201. The molecule has 1 aromatic carbocycles. The Bertz CT molecular complexity index is 637. The summed E-state index contributed by atoms with van der Waals surface area (Å²) < 4.78 is 5.43. The summed E-state index contributed by atoms with van der Waals surface area (Å²) in [5.41, 5.74) is 7.29. The summed E-state index contributed by atoms with van der Waals surface area (Å²) >= 11 is 0. The summed E-state index contributed by atoms with van der Waals surface area (Å²) in [4.78, 5) is 16.1. The predicted molar refractivity (Wildman–Crippen MR) is 94.8 cm³/mol. The Hall–Kier alpha value is -2.42. The number of amides is 1. The normalized spacial score (nSPS) is 15.7. The van der Waals surface area contributed by atoms with E-state index in [1.54, 1.807) is 18.0 Å². The predicted octanol–water partition coefficient (Wildman–Crippen LogP) is 2.98. The first-order valence-electron chi connectivity index (χ1n) is 8.21. The van der Waals surface area contributed by atoms with Gasteiger partial charge in [-0.1, -0.05) is 0 Å². The molecule has 0 bridgehead atoms. The highest BCUT2D eigenvalue weighted by molar-refractivity contribution is 5.68. The van der Waals surface area contributed by atoms with Crippen molar-refractivity contribution in [1.82, 2.24) is 4.90 Å². The highest BCUT2D eigenvalue weighted by Gasteiger charge is 2.28. The Morgan fingerprint density at radius 1 is 1.38 bits per heavy atom. The quantitative estimate of drug-likeness (QED) is 0.843. The van der Waals surface area contributed by atoms with E-state index in [4.69, 9.17) is 15.7 Å². The van der Waals surface area contributed by atoms with E-state index in [9.17, 15) is 4.79 Å². The van der Waals surface area contributed by atoms with Crippen LogP contribution in [0.5, 0.6) is 0 Å². The second-order valence-corrected chi connectivity index (χ2v) is 7.19. The molecule has 6 heteroatoms. The number of nitrogens with zero attached hydrogens (tertiary/aromatic N) is 3. The molecule has 1 aromatic rings. The molecule has 2 N–H and O–H groups in total. The SMILES string of the molecule is CN(C(=O)OC(C)(C)C)C1CCN(c2ccc(N)c(C#N)c2)CC1. The second-order valence-electron chi connectivity index (χ2n) is 7.19. The number of carbonyl (C=O) groups excluding carboxylic acids is 1. The number of piperidine rings is 1. The molecule has 24 heavy (non-hydrogen) atoms. The van der Waals surface area contributed by atoms with E-state index in [2.05, 4.69) is 11.0 Å². The molecule has 6 nitrogen and oxygen atoms in total. The number of hydrogen-bond donors (Lipinski definition) is 1. The third-order valence-corrected chi connectivity index (χ3v) is 4.22. The van der Waals surface area contributed by atoms with Crippen molar-refractivity contribution in [3.05, 3.63) is 23.8 Å². The van der Waals surface area contributed by atoms with Crippen LogP contribution in [0.15, 0.2) is 18.2 Å². The van der Waals surface area contributed by atoms with Crippen molar-refractivity contribution in [2.45, 2.75) is 45.3 Å². The van der Waals surface area contributed by atoms with E-state index in [0.29, 0.717) is 11.3 Å². The monoisotopic (exact) mass is 330 g/mol. The zero-order valence-corrected chi connectivity index (χ0v) is 14.9. The zero-order chi connectivity index (χ0) is 17.9. The fourth-order valence-electron chi connectivity index (χ4n) is 2.83. The molecule has 1 aliphatic rings. The van der Waals surface area contributed by atoms with Gasteiger partial charge in [0, 0.05) is 37.6 Å². The number of hydrogen-bond acceptors (Lipinski definition) is 5. The lowest BCUT2D eigenvalue weighted by Gasteiger charge is -2.38. The molecule has 1 amide bonds. The minimum absolute atomic E-state index is 0.167. The molecule has 0 radical (unpaired) electrons. The molecule has 1 saturated heterocycles. The molecule has 0 spiro atoms. The Kier molecular flexibility index (Phi) is 5.23. The van der Waals surface area contributed by atoms with Gasteiger partial charge in [0.15, 0.2) is 0 Å². The summed E-state index contributed by atoms with van der Waals surface area (Å²) in [6, 6.07) is 7.82. The Morgan fingerprint density at radius 2 is 2.00 bits per heavy atom. The van der Waals surface area contributed by atoms with Gasteiger partial charge in [-0.05, 0) is 51.8 Å². The van der Waals surface area contributed by atoms with Crippen LogP contribution in [0.2, 0.25) is 0 Å². The van der Waals surface area contributed by atoms with E-state index >= 15 is 0 Å². The maximum atomic E-state index is 12.2. The summed E-state index contributed by atoms with van der Waals surface area (Å²) in [7, 11) is 1.80. The summed E-state index contributed by atoms with van der Waals surface area (Å²) in [6.07, 6.45) is 1.45. The first-order valence-corrected chi connectivity index (χ1v) is 8.21. The number of nitrogens with two attached hydrogens (primary N) is 1. The van der Waals surface area contributed by atoms with Gasteiger partial charge in [0.05, 0.1) is 5.56 Å². The van der Waals surface area contributed by atoms with E-state index in [1.807, 2.05) is 32.9 Å². The van der Waals surface area contributed by atoms with Crippen LogP contribution in [0.1, 0.15) is 39.2 Å². The van der Waals surface area contributed by atoms with Crippen LogP contribution in [-0.2, 0) is 4.74 Å². The highest BCUT2D eigenvalue weighted by Crippen LogP contribution is 2.25. The standard InChI is InChI=1S/C18H26N4O2/c1-18(2,3)24-17(23)21(4)14-7-9-22(10-8-14)15-5-6-16(20)13(11-15)12-19/h5-6,11,14H,7-10,20H2,1-4H3. The molecule has 0 aliphatic carbocycles. The van der Waals surface area contributed by atoms with Crippen LogP contribution in [0.25, 0.3) is 0 Å². The lowest BCUT2D eigenvalue weighted by Crippen LogP contribution is -2.47. The van der Waals surface area contributed by atoms with Gasteiger partial charge in [0.1, 0.15) is 11.7 Å². The molecule has 1 aliphatic heterocycles. The van der Waals surface area contributed by atoms with Gasteiger partial charge >= 0.3 is 6.09 Å². The van der Waals surface area contributed by atoms with Crippen LogP contribution < -0.4 is 10.6 Å². The third-order valence-electron chi connectivity index (χ3n) is 4.22. The molecule has 0 saturated carbocycles. The lowest BCUT2D eigenvalue weighted by atomic mass is 10.0. The highest BCUT2D eigenvalue weighted by atomic mass is 16.6. The molecule has 2 rings (SSSR count). The van der Waals surface area contributed by atoms with Crippen molar-refractivity contribution in [3.8, 4) is 6.07 Å². The summed E-state index contributed by atoms with van der Waals surface area (Å²) in [5, 5.41) is 9.10. The number of nitrogen functional groups attached to an aromatic ring is 1.